The third kappa shape index (κ3) is 4.87. The molecule has 0 aliphatic rings. The number of rotatable bonds is 6. The smallest absolute Gasteiger partial charge is 0.339 e. The van der Waals surface area contributed by atoms with Crippen LogP contribution >= 0.6 is 0 Å². The number of hydrogen-bond acceptors (Lipinski definition) is 4. The number of hydrogen-bond donors (Lipinski definition) is 1. The zero-order valence-corrected chi connectivity index (χ0v) is 13.4. The van der Waals surface area contributed by atoms with Gasteiger partial charge in [-0.3, -0.25) is 9.59 Å². The van der Waals surface area contributed by atoms with Gasteiger partial charge in [0.1, 0.15) is 0 Å². The summed E-state index contributed by atoms with van der Waals surface area (Å²) in [5.74, 6) is -0.843. The molecule has 0 unspecified atom stereocenters. The maximum atomic E-state index is 12.0. The minimum absolute atomic E-state index is 0.0349. The second-order valence-corrected chi connectivity index (χ2v) is 5.14. The topological polar surface area (TPSA) is 75.7 Å². The third-order valence-corrected chi connectivity index (χ3v) is 3.21. The third-order valence-electron chi connectivity index (χ3n) is 3.21. The van der Waals surface area contributed by atoms with Crippen LogP contribution in [0.5, 0.6) is 0 Å². The Morgan fingerprint density at radius 2 is 1.86 bits per heavy atom. The van der Waals surface area contributed by atoms with E-state index in [1.807, 2.05) is 13.8 Å². The molecule has 1 aromatic rings. The van der Waals surface area contributed by atoms with Crippen LogP contribution in [0.3, 0.4) is 0 Å². The molecule has 0 spiro atoms. The molecule has 120 valence electrons. The highest BCUT2D eigenvalue weighted by Crippen LogP contribution is 2.16. The number of ether oxygens (including phenoxy) is 1. The van der Waals surface area contributed by atoms with Crippen molar-refractivity contribution in [2.45, 2.75) is 33.2 Å². The Bertz CT molecular complexity index is 555. The molecule has 0 aliphatic heterocycles. The maximum Gasteiger partial charge on any atom is 0.339 e. The van der Waals surface area contributed by atoms with Crippen molar-refractivity contribution in [3.8, 4) is 0 Å². The number of para-hydroxylation sites is 1. The van der Waals surface area contributed by atoms with Gasteiger partial charge in [0, 0.05) is 25.9 Å². The predicted molar refractivity (Wildman–Crippen MR) is 83.6 cm³/mol. The van der Waals surface area contributed by atoms with Gasteiger partial charge >= 0.3 is 5.97 Å². The molecule has 0 saturated carbocycles. The van der Waals surface area contributed by atoms with Gasteiger partial charge in [0.2, 0.25) is 11.8 Å². The first kappa shape index (κ1) is 17.7. The molecule has 1 N–H and O–H groups in total. The van der Waals surface area contributed by atoms with Gasteiger partial charge in [0.25, 0.3) is 0 Å². The van der Waals surface area contributed by atoms with Crippen molar-refractivity contribution in [2.75, 3.05) is 19.0 Å². The predicted octanol–water partition coefficient (Wildman–Crippen LogP) is 2.06. The lowest BCUT2D eigenvalue weighted by Gasteiger charge is -2.25. The molecule has 0 bridgehead atoms. The number of esters is 1. The first-order chi connectivity index (χ1) is 10.4. The summed E-state index contributed by atoms with van der Waals surface area (Å²) < 4.78 is 4.68. The number of amides is 2. The van der Waals surface area contributed by atoms with Gasteiger partial charge in [-0.2, -0.15) is 0 Å². The number of carbonyl (C=O) groups excluding carboxylic acids is 3. The van der Waals surface area contributed by atoms with Gasteiger partial charge in [0.15, 0.2) is 0 Å². The average Bonchev–Trinajstić information content (AvgIpc) is 2.46. The molecule has 0 aliphatic carbocycles. The minimum Gasteiger partial charge on any atom is -0.465 e. The molecule has 0 heterocycles. The van der Waals surface area contributed by atoms with Crippen molar-refractivity contribution >= 4 is 23.5 Å². The number of methoxy groups -OCH3 is 1. The molecule has 6 nitrogen and oxygen atoms in total. The van der Waals surface area contributed by atoms with E-state index in [-0.39, 0.29) is 24.3 Å². The summed E-state index contributed by atoms with van der Waals surface area (Å²) in [4.78, 5) is 36.7. The molecule has 0 saturated heterocycles. The lowest BCUT2D eigenvalue weighted by atomic mass is 10.1. The number of carbonyl (C=O) groups is 3. The van der Waals surface area contributed by atoms with Gasteiger partial charge in [-0.05, 0) is 26.0 Å². The Morgan fingerprint density at radius 1 is 1.23 bits per heavy atom. The summed E-state index contributed by atoms with van der Waals surface area (Å²) in [6, 6.07) is 6.66. The van der Waals surface area contributed by atoms with Crippen molar-refractivity contribution in [1.82, 2.24) is 4.90 Å². The van der Waals surface area contributed by atoms with E-state index >= 15 is 0 Å². The maximum absolute atomic E-state index is 12.0. The summed E-state index contributed by atoms with van der Waals surface area (Å²) >= 11 is 0. The van der Waals surface area contributed by atoms with E-state index in [0.717, 1.165) is 0 Å². The molecular formula is C16H22N2O4. The number of benzene rings is 1. The van der Waals surface area contributed by atoms with Crippen molar-refractivity contribution in [1.29, 1.82) is 0 Å². The molecule has 2 amide bonds. The van der Waals surface area contributed by atoms with Gasteiger partial charge < -0.3 is 15.0 Å². The van der Waals surface area contributed by atoms with Gasteiger partial charge in [0.05, 0.1) is 18.4 Å². The highest BCUT2D eigenvalue weighted by atomic mass is 16.5. The number of nitrogens with one attached hydrogen (secondary N) is 1. The molecule has 1 rings (SSSR count). The van der Waals surface area contributed by atoms with Crippen molar-refractivity contribution in [3.05, 3.63) is 29.8 Å². The summed E-state index contributed by atoms with van der Waals surface area (Å²) in [6.45, 7) is 5.60. The first-order valence-corrected chi connectivity index (χ1v) is 7.11. The van der Waals surface area contributed by atoms with Gasteiger partial charge in [-0.25, -0.2) is 4.79 Å². The zero-order chi connectivity index (χ0) is 16.7. The van der Waals surface area contributed by atoms with E-state index in [2.05, 4.69) is 10.1 Å². The Hall–Kier alpha value is -2.37. The van der Waals surface area contributed by atoms with E-state index in [4.69, 9.17) is 0 Å². The molecule has 1 aromatic carbocycles. The highest BCUT2D eigenvalue weighted by molar-refractivity contribution is 6.01. The van der Waals surface area contributed by atoms with Gasteiger partial charge in [-0.1, -0.05) is 12.1 Å². The quantitative estimate of drug-likeness (QED) is 0.816. The summed E-state index contributed by atoms with van der Waals surface area (Å²) in [6.07, 6.45) is 0.160. The van der Waals surface area contributed by atoms with Crippen LogP contribution in [0.2, 0.25) is 0 Å². The summed E-state index contributed by atoms with van der Waals surface area (Å²) in [5.41, 5.74) is 0.698. The van der Waals surface area contributed by atoms with Crippen LogP contribution in [0.15, 0.2) is 24.3 Å². The molecule has 22 heavy (non-hydrogen) atoms. The fourth-order valence-corrected chi connectivity index (χ4v) is 2.09. The summed E-state index contributed by atoms with van der Waals surface area (Å²) in [7, 11) is 1.29. The number of anilines is 1. The standard InChI is InChI=1S/C16H22N2O4/c1-11(2)18(12(3)19)10-9-15(20)17-14-8-6-5-7-13(14)16(21)22-4/h5-8,11H,9-10H2,1-4H3,(H,17,20). The average molecular weight is 306 g/mol. The normalized spacial score (nSPS) is 10.2. The molecular weight excluding hydrogens is 284 g/mol. The van der Waals surface area contributed by atoms with Crippen LogP contribution in [0, 0.1) is 0 Å². The van der Waals surface area contributed by atoms with Crippen LogP contribution in [-0.2, 0) is 14.3 Å². The fourth-order valence-electron chi connectivity index (χ4n) is 2.09. The Kier molecular flexibility index (Phi) is 6.56. The van der Waals surface area contributed by atoms with Gasteiger partial charge in [-0.15, -0.1) is 0 Å². The van der Waals surface area contributed by atoms with Crippen molar-refractivity contribution in [3.63, 3.8) is 0 Å². The molecule has 0 atom stereocenters. The van der Waals surface area contributed by atoms with Crippen LogP contribution in [-0.4, -0.2) is 42.4 Å². The van der Waals surface area contributed by atoms with E-state index in [0.29, 0.717) is 17.8 Å². The minimum atomic E-state index is -0.511. The highest BCUT2D eigenvalue weighted by Gasteiger charge is 2.16. The Labute approximate surface area is 130 Å². The monoisotopic (exact) mass is 306 g/mol. The Balaban J connectivity index is 2.70. The van der Waals surface area contributed by atoms with Crippen LogP contribution in [0.1, 0.15) is 37.6 Å². The largest absolute Gasteiger partial charge is 0.465 e. The second kappa shape index (κ2) is 8.17. The molecule has 6 heteroatoms. The van der Waals surface area contributed by atoms with E-state index in [1.165, 1.54) is 14.0 Å². The summed E-state index contributed by atoms with van der Waals surface area (Å²) in [5, 5.41) is 2.68. The van der Waals surface area contributed by atoms with Crippen LogP contribution in [0.4, 0.5) is 5.69 Å². The SMILES string of the molecule is COC(=O)c1ccccc1NC(=O)CCN(C(C)=O)C(C)C. The second-order valence-electron chi connectivity index (χ2n) is 5.14. The molecule has 0 fully saturated rings. The molecule has 0 radical (unpaired) electrons. The number of nitrogens with zero attached hydrogens (tertiary/aromatic N) is 1. The van der Waals surface area contributed by atoms with E-state index < -0.39 is 5.97 Å². The lowest BCUT2D eigenvalue weighted by Crippen LogP contribution is -2.37. The zero-order valence-electron chi connectivity index (χ0n) is 13.4. The Morgan fingerprint density at radius 3 is 2.41 bits per heavy atom. The lowest BCUT2D eigenvalue weighted by molar-refractivity contribution is -0.130. The van der Waals surface area contributed by atoms with Crippen LogP contribution < -0.4 is 5.32 Å². The van der Waals surface area contributed by atoms with Crippen molar-refractivity contribution in [2.24, 2.45) is 0 Å². The van der Waals surface area contributed by atoms with E-state index in [9.17, 15) is 14.4 Å². The van der Waals surface area contributed by atoms with E-state index in [1.54, 1.807) is 29.2 Å². The fraction of sp³-hybridized carbons (Fsp3) is 0.438. The first-order valence-electron chi connectivity index (χ1n) is 7.11. The van der Waals surface area contributed by atoms with Crippen molar-refractivity contribution < 1.29 is 19.1 Å². The van der Waals surface area contributed by atoms with Crippen LogP contribution in [0.25, 0.3) is 0 Å². The molecule has 0 aromatic heterocycles.